The van der Waals surface area contributed by atoms with Gasteiger partial charge in [-0.2, -0.15) is 4.98 Å². The van der Waals surface area contributed by atoms with Crippen LogP contribution in [0.1, 0.15) is 55.4 Å². The maximum absolute atomic E-state index is 13.5. The summed E-state index contributed by atoms with van der Waals surface area (Å²) in [5.74, 6) is 2.15. The first-order chi connectivity index (χ1) is 16.4. The molecule has 2 aromatic heterocycles. The second-order valence-electron chi connectivity index (χ2n) is 9.64. The summed E-state index contributed by atoms with van der Waals surface area (Å²) in [5.41, 5.74) is 0.802. The molecule has 4 fully saturated rings. The van der Waals surface area contributed by atoms with Crippen molar-refractivity contribution in [3.05, 3.63) is 64.8 Å². The molecule has 2 N–H and O–H groups in total. The Morgan fingerprint density at radius 3 is 2.68 bits per heavy atom. The number of rotatable bonds is 10. The molecule has 1 aromatic carbocycles. The van der Waals surface area contributed by atoms with Crippen LogP contribution >= 0.6 is 11.6 Å². The van der Waals surface area contributed by atoms with E-state index in [0.717, 1.165) is 25.0 Å². The maximum atomic E-state index is 13.5. The maximum Gasteiger partial charge on any atom is 0.233 e. The number of benzene rings is 1. The van der Waals surface area contributed by atoms with Gasteiger partial charge in [0.1, 0.15) is 30.2 Å². The molecule has 2 heterocycles. The highest BCUT2D eigenvalue weighted by atomic mass is 35.5. The molecule has 3 aromatic rings. The molecule has 2 bridgehead atoms. The number of halogens is 2. The Morgan fingerprint density at radius 1 is 1.18 bits per heavy atom. The molecule has 0 spiro atoms. The van der Waals surface area contributed by atoms with Crippen LogP contribution in [0.2, 0.25) is 5.02 Å². The number of hydrogen-bond donors (Lipinski definition) is 2. The zero-order chi connectivity index (χ0) is 23.3. The van der Waals surface area contributed by atoms with Gasteiger partial charge in [-0.25, -0.2) is 4.39 Å². The highest BCUT2D eigenvalue weighted by Gasteiger charge is 2.71. The van der Waals surface area contributed by atoms with Gasteiger partial charge in [0.15, 0.2) is 6.61 Å². The van der Waals surface area contributed by atoms with Gasteiger partial charge in [0.2, 0.25) is 11.7 Å². The molecule has 1 atom stereocenters. The molecular formula is C24H24ClFN4O4. The Bertz CT molecular complexity index is 1180. The van der Waals surface area contributed by atoms with E-state index in [1.807, 2.05) is 12.1 Å². The highest BCUT2D eigenvalue weighted by Crippen LogP contribution is 2.67. The SMILES string of the molecule is OC(COc1ccc(Cl)c(F)c1)NC12CC(c3nc(COc4ccc(C5CC5)nc4)no3)(C1)C2. The molecule has 0 radical (unpaired) electrons. The van der Waals surface area contributed by atoms with Crippen LogP contribution in [-0.2, 0) is 12.0 Å². The predicted molar refractivity (Wildman–Crippen MR) is 119 cm³/mol. The highest BCUT2D eigenvalue weighted by molar-refractivity contribution is 6.30. The Kier molecular flexibility index (Phi) is 5.24. The van der Waals surface area contributed by atoms with E-state index in [1.165, 1.54) is 25.0 Å². The third-order valence-electron chi connectivity index (χ3n) is 6.85. The van der Waals surface area contributed by atoms with Crippen molar-refractivity contribution in [2.45, 2.75) is 61.8 Å². The van der Waals surface area contributed by atoms with E-state index in [9.17, 15) is 9.50 Å². The fraction of sp³-hybridized carbons (Fsp3) is 0.458. The lowest BCUT2D eigenvalue weighted by Crippen LogP contribution is -2.77. The minimum absolute atomic E-state index is 0.00560. The third-order valence-corrected chi connectivity index (χ3v) is 7.15. The fourth-order valence-electron chi connectivity index (χ4n) is 5.08. The van der Waals surface area contributed by atoms with E-state index in [0.29, 0.717) is 29.1 Å². The van der Waals surface area contributed by atoms with Gasteiger partial charge in [-0.3, -0.25) is 10.3 Å². The predicted octanol–water partition coefficient (Wildman–Crippen LogP) is 3.87. The lowest BCUT2D eigenvalue weighted by Gasteiger charge is -2.69. The fourth-order valence-corrected chi connectivity index (χ4v) is 5.20. The second-order valence-corrected chi connectivity index (χ2v) is 10.0. The van der Waals surface area contributed by atoms with E-state index in [-0.39, 0.29) is 29.2 Å². The van der Waals surface area contributed by atoms with Gasteiger partial charge >= 0.3 is 0 Å². The van der Waals surface area contributed by atoms with E-state index in [1.54, 1.807) is 12.3 Å². The molecular weight excluding hydrogens is 463 g/mol. The Balaban J connectivity index is 0.968. The zero-order valence-corrected chi connectivity index (χ0v) is 19.1. The van der Waals surface area contributed by atoms with Crippen LogP contribution in [0.4, 0.5) is 4.39 Å². The number of nitrogens with zero attached hydrogens (tertiary/aromatic N) is 3. The van der Waals surface area contributed by atoms with Crippen LogP contribution in [0.25, 0.3) is 0 Å². The van der Waals surface area contributed by atoms with Crippen LogP contribution in [0.5, 0.6) is 11.5 Å². The smallest absolute Gasteiger partial charge is 0.233 e. The second kappa shape index (κ2) is 8.18. The monoisotopic (exact) mass is 486 g/mol. The summed E-state index contributed by atoms with van der Waals surface area (Å²) in [5, 5.41) is 17.6. The van der Waals surface area contributed by atoms with Crippen molar-refractivity contribution < 1.29 is 23.5 Å². The number of aliphatic hydroxyl groups is 1. The summed E-state index contributed by atoms with van der Waals surface area (Å²) < 4.78 is 30.2. The van der Waals surface area contributed by atoms with Crippen molar-refractivity contribution in [1.82, 2.24) is 20.4 Å². The molecule has 0 aliphatic heterocycles. The zero-order valence-electron chi connectivity index (χ0n) is 18.3. The first-order valence-electron chi connectivity index (χ1n) is 11.4. The molecule has 8 nitrogen and oxygen atoms in total. The molecule has 4 aliphatic carbocycles. The summed E-state index contributed by atoms with van der Waals surface area (Å²) in [6, 6.07) is 8.11. The van der Waals surface area contributed by atoms with Gasteiger partial charge in [0.05, 0.1) is 16.6 Å². The number of aromatic nitrogens is 3. The minimum Gasteiger partial charge on any atom is -0.489 e. The van der Waals surface area contributed by atoms with Crippen molar-refractivity contribution in [2.75, 3.05) is 6.61 Å². The number of ether oxygens (including phenoxy) is 2. The number of aliphatic hydroxyl groups excluding tert-OH is 1. The summed E-state index contributed by atoms with van der Waals surface area (Å²) in [6.07, 6.45) is 5.67. The molecule has 4 saturated carbocycles. The van der Waals surface area contributed by atoms with Gasteiger partial charge in [-0.15, -0.1) is 0 Å². The molecule has 178 valence electrons. The van der Waals surface area contributed by atoms with Gasteiger partial charge in [-0.05, 0) is 56.4 Å². The van der Waals surface area contributed by atoms with Crippen molar-refractivity contribution in [3.63, 3.8) is 0 Å². The molecule has 34 heavy (non-hydrogen) atoms. The Hall–Kier alpha value is -2.75. The first kappa shape index (κ1) is 21.8. The molecule has 4 aliphatic rings. The van der Waals surface area contributed by atoms with Crippen molar-refractivity contribution in [3.8, 4) is 11.5 Å². The molecule has 0 amide bonds. The van der Waals surface area contributed by atoms with E-state index >= 15 is 0 Å². The first-order valence-corrected chi connectivity index (χ1v) is 11.8. The normalized spacial score (nSPS) is 25.9. The molecule has 10 heteroatoms. The van der Waals surface area contributed by atoms with Crippen LogP contribution in [0.3, 0.4) is 0 Å². The Morgan fingerprint density at radius 2 is 1.97 bits per heavy atom. The average molecular weight is 487 g/mol. The molecule has 0 saturated heterocycles. The largest absolute Gasteiger partial charge is 0.489 e. The molecule has 1 unspecified atom stereocenters. The standard InChI is InChI=1S/C24H24ClFN4O4/c25-17-5-3-15(7-18(17)26)33-10-21(31)29-24-11-23(12-24,13-24)22-28-20(30-34-22)9-32-16-4-6-19(27-8-16)14-1-2-14/h3-8,14,21,29,31H,1-2,9-13H2. The van der Waals surface area contributed by atoms with E-state index in [2.05, 4.69) is 20.4 Å². The van der Waals surface area contributed by atoms with Crippen molar-refractivity contribution >= 4 is 11.6 Å². The van der Waals surface area contributed by atoms with Crippen molar-refractivity contribution in [2.24, 2.45) is 0 Å². The Labute approximate surface area is 200 Å². The van der Waals surface area contributed by atoms with Gasteiger partial charge in [-0.1, -0.05) is 16.8 Å². The summed E-state index contributed by atoms with van der Waals surface area (Å²) >= 11 is 5.67. The lowest BCUT2D eigenvalue weighted by atomic mass is 9.39. The van der Waals surface area contributed by atoms with Crippen LogP contribution in [0.15, 0.2) is 41.1 Å². The van der Waals surface area contributed by atoms with Crippen LogP contribution in [-0.4, -0.2) is 38.6 Å². The average Bonchev–Trinajstić information content (AvgIpc) is 3.53. The van der Waals surface area contributed by atoms with Crippen LogP contribution in [0, 0.1) is 5.82 Å². The summed E-state index contributed by atoms with van der Waals surface area (Å²) in [4.78, 5) is 8.98. The van der Waals surface area contributed by atoms with Crippen LogP contribution < -0.4 is 14.8 Å². The topological polar surface area (TPSA) is 103 Å². The minimum atomic E-state index is -0.886. The van der Waals surface area contributed by atoms with Crippen molar-refractivity contribution in [1.29, 1.82) is 0 Å². The summed E-state index contributed by atoms with van der Waals surface area (Å²) in [6.45, 7) is 0.211. The lowest BCUT2D eigenvalue weighted by molar-refractivity contribution is -0.134. The van der Waals surface area contributed by atoms with Gasteiger partial charge < -0.3 is 19.1 Å². The number of pyridine rings is 1. The number of nitrogens with one attached hydrogen (secondary N) is 1. The quantitative estimate of drug-likeness (QED) is 0.416. The summed E-state index contributed by atoms with van der Waals surface area (Å²) in [7, 11) is 0. The van der Waals surface area contributed by atoms with E-state index < -0.39 is 12.0 Å². The molecule has 7 rings (SSSR count). The van der Waals surface area contributed by atoms with Gasteiger partial charge in [0, 0.05) is 23.2 Å². The van der Waals surface area contributed by atoms with E-state index in [4.69, 9.17) is 25.6 Å². The van der Waals surface area contributed by atoms with Gasteiger partial charge in [0.25, 0.3) is 0 Å². The third kappa shape index (κ3) is 4.12. The number of hydrogen-bond acceptors (Lipinski definition) is 8.